The number of carbonyl (C=O) groups excluding carboxylic acids is 1. The Morgan fingerprint density at radius 2 is 1.90 bits per heavy atom. The molecule has 2 aromatic rings. The van der Waals surface area contributed by atoms with Crippen LogP contribution in [0.3, 0.4) is 0 Å². The van der Waals surface area contributed by atoms with Gasteiger partial charge < -0.3 is 14.8 Å². The maximum atomic E-state index is 11.9. The number of nitrogens with one attached hydrogen (secondary N) is 1. The van der Waals surface area contributed by atoms with Crippen LogP contribution in [-0.2, 0) is 0 Å². The summed E-state index contributed by atoms with van der Waals surface area (Å²) in [4.78, 5) is 12.5. The number of benzene rings is 1. The van der Waals surface area contributed by atoms with Gasteiger partial charge in [0, 0.05) is 4.47 Å². The lowest BCUT2D eigenvalue weighted by atomic mass is 10.3. The van der Waals surface area contributed by atoms with Crippen LogP contribution in [-0.4, -0.2) is 26.2 Å². The molecule has 0 atom stereocenters. The summed E-state index contributed by atoms with van der Waals surface area (Å²) < 4.78 is 12.4. The molecule has 0 bridgehead atoms. The topological polar surface area (TPSA) is 47.6 Å². The second kappa shape index (κ2) is 7.82. The summed E-state index contributed by atoms with van der Waals surface area (Å²) in [5.41, 5.74) is 0. The van der Waals surface area contributed by atoms with Crippen molar-refractivity contribution >= 4 is 49.1 Å². The van der Waals surface area contributed by atoms with Gasteiger partial charge in [-0.2, -0.15) is 0 Å². The minimum Gasteiger partial charge on any atom is -0.497 e. The molecule has 0 saturated carbocycles. The molecule has 7 heteroatoms. The van der Waals surface area contributed by atoms with E-state index in [9.17, 15) is 4.79 Å². The quantitative estimate of drug-likeness (QED) is 0.696. The lowest BCUT2D eigenvalue weighted by molar-refractivity contribution is 0.0951. The van der Waals surface area contributed by atoms with Gasteiger partial charge in [-0.05, 0) is 62.2 Å². The highest BCUT2D eigenvalue weighted by atomic mass is 79.9. The van der Waals surface area contributed by atoms with Crippen molar-refractivity contribution in [3.05, 3.63) is 43.5 Å². The molecule has 4 nitrogen and oxygen atoms in total. The van der Waals surface area contributed by atoms with E-state index in [1.54, 1.807) is 13.2 Å². The number of thiophene rings is 1. The number of carbonyl (C=O) groups is 1. The number of hydrogen-bond donors (Lipinski definition) is 1. The zero-order chi connectivity index (χ0) is 15.2. The predicted molar refractivity (Wildman–Crippen MR) is 90.5 cm³/mol. The Bertz CT molecular complexity index is 594. The number of rotatable bonds is 6. The second-order valence-corrected chi connectivity index (χ2v) is 7.24. The Kier molecular flexibility index (Phi) is 6.08. The van der Waals surface area contributed by atoms with E-state index in [0.29, 0.717) is 18.0 Å². The van der Waals surface area contributed by atoms with Gasteiger partial charge in [0.1, 0.15) is 18.1 Å². The van der Waals surface area contributed by atoms with E-state index < -0.39 is 0 Å². The van der Waals surface area contributed by atoms with Crippen LogP contribution in [0.4, 0.5) is 0 Å². The van der Waals surface area contributed by atoms with Gasteiger partial charge in [-0.3, -0.25) is 4.79 Å². The fourth-order valence-corrected chi connectivity index (χ4v) is 3.50. The molecule has 1 heterocycles. The van der Waals surface area contributed by atoms with Gasteiger partial charge in [0.15, 0.2) is 0 Å². The van der Waals surface area contributed by atoms with E-state index in [0.717, 1.165) is 19.8 Å². The van der Waals surface area contributed by atoms with E-state index >= 15 is 0 Å². The van der Waals surface area contributed by atoms with Gasteiger partial charge in [-0.25, -0.2) is 0 Å². The first-order valence-corrected chi connectivity index (χ1v) is 8.50. The molecule has 112 valence electrons. The maximum Gasteiger partial charge on any atom is 0.261 e. The Hall–Kier alpha value is -1.05. The molecule has 0 spiro atoms. The van der Waals surface area contributed by atoms with Gasteiger partial charge in [0.25, 0.3) is 5.91 Å². The molecule has 0 radical (unpaired) electrons. The van der Waals surface area contributed by atoms with Crippen molar-refractivity contribution in [2.75, 3.05) is 20.3 Å². The van der Waals surface area contributed by atoms with E-state index in [2.05, 4.69) is 37.2 Å². The van der Waals surface area contributed by atoms with E-state index in [1.165, 1.54) is 11.3 Å². The highest BCUT2D eigenvalue weighted by molar-refractivity contribution is 9.13. The molecule has 0 saturated heterocycles. The van der Waals surface area contributed by atoms with Crippen molar-refractivity contribution in [3.63, 3.8) is 0 Å². The number of methoxy groups -OCH3 is 1. The van der Waals surface area contributed by atoms with Gasteiger partial charge in [0.2, 0.25) is 0 Å². The van der Waals surface area contributed by atoms with Gasteiger partial charge >= 0.3 is 0 Å². The lowest BCUT2D eigenvalue weighted by Crippen LogP contribution is -2.27. The van der Waals surface area contributed by atoms with Gasteiger partial charge in [0.05, 0.1) is 22.3 Å². The van der Waals surface area contributed by atoms with Crippen molar-refractivity contribution in [1.82, 2.24) is 5.32 Å². The van der Waals surface area contributed by atoms with Crippen LogP contribution in [0.25, 0.3) is 0 Å². The van der Waals surface area contributed by atoms with E-state index in [-0.39, 0.29) is 5.91 Å². The predicted octanol–water partition coefficient (Wildman–Crippen LogP) is 4.09. The summed E-state index contributed by atoms with van der Waals surface area (Å²) >= 11 is 8.11. The van der Waals surface area contributed by atoms with Gasteiger partial charge in [-0.1, -0.05) is 0 Å². The average molecular weight is 435 g/mol. The van der Waals surface area contributed by atoms with Crippen LogP contribution >= 0.6 is 43.2 Å². The molecule has 1 aromatic heterocycles. The first kappa shape index (κ1) is 16.3. The van der Waals surface area contributed by atoms with E-state index in [1.807, 2.05) is 24.3 Å². The summed E-state index contributed by atoms with van der Waals surface area (Å²) in [6, 6.07) is 9.10. The summed E-state index contributed by atoms with van der Waals surface area (Å²) in [5.74, 6) is 1.42. The Balaban J connectivity index is 1.75. The Morgan fingerprint density at radius 1 is 1.24 bits per heavy atom. The van der Waals surface area contributed by atoms with Crippen molar-refractivity contribution in [3.8, 4) is 11.5 Å². The first-order valence-electron chi connectivity index (χ1n) is 6.10. The fraction of sp³-hybridized carbons (Fsp3) is 0.214. The summed E-state index contributed by atoms with van der Waals surface area (Å²) in [6.45, 7) is 0.851. The van der Waals surface area contributed by atoms with Crippen LogP contribution in [0.1, 0.15) is 9.67 Å². The zero-order valence-electron chi connectivity index (χ0n) is 11.2. The van der Waals surface area contributed by atoms with Crippen molar-refractivity contribution in [1.29, 1.82) is 0 Å². The second-order valence-electron chi connectivity index (χ2n) is 4.01. The number of halogens is 2. The molecule has 0 unspecified atom stereocenters. The standard InChI is InChI=1S/C14H13Br2NO3S/c1-19-9-2-4-10(5-3-9)20-7-6-17-14(18)12-8-11(15)13(16)21-12/h2-5,8H,6-7H2,1H3,(H,17,18). The van der Waals surface area contributed by atoms with Crippen molar-refractivity contribution in [2.45, 2.75) is 0 Å². The third kappa shape index (κ3) is 4.72. The van der Waals surface area contributed by atoms with Crippen molar-refractivity contribution < 1.29 is 14.3 Å². The average Bonchev–Trinajstić information content (AvgIpc) is 2.84. The molecule has 1 amide bonds. The first-order chi connectivity index (χ1) is 10.1. The van der Waals surface area contributed by atoms with Crippen LogP contribution < -0.4 is 14.8 Å². The molecule has 0 aliphatic heterocycles. The van der Waals surface area contributed by atoms with Crippen LogP contribution in [0.5, 0.6) is 11.5 Å². The largest absolute Gasteiger partial charge is 0.497 e. The molecule has 21 heavy (non-hydrogen) atoms. The maximum absolute atomic E-state index is 11.9. The molecule has 1 N–H and O–H groups in total. The number of amides is 1. The summed E-state index contributed by atoms with van der Waals surface area (Å²) in [5, 5.41) is 2.81. The smallest absolute Gasteiger partial charge is 0.261 e. The Labute approximate surface area is 143 Å². The summed E-state index contributed by atoms with van der Waals surface area (Å²) in [6.07, 6.45) is 0. The monoisotopic (exact) mass is 433 g/mol. The number of hydrogen-bond acceptors (Lipinski definition) is 4. The van der Waals surface area contributed by atoms with Crippen molar-refractivity contribution in [2.24, 2.45) is 0 Å². The summed E-state index contributed by atoms with van der Waals surface area (Å²) in [7, 11) is 1.62. The molecule has 0 aliphatic rings. The minimum absolute atomic E-state index is 0.107. The lowest BCUT2D eigenvalue weighted by Gasteiger charge is -2.07. The molecule has 0 aliphatic carbocycles. The highest BCUT2D eigenvalue weighted by Gasteiger charge is 2.11. The third-order valence-electron chi connectivity index (χ3n) is 2.58. The molecular formula is C14H13Br2NO3S. The zero-order valence-corrected chi connectivity index (χ0v) is 15.2. The molecular weight excluding hydrogens is 422 g/mol. The normalized spacial score (nSPS) is 10.2. The van der Waals surface area contributed by atoms with Crippen LogP contribution in [0, 0.1) is 0 Å². The van der Waals surface area contributed by atoms with E-state index in [4.69, 9.17) is 9.47 Å². The molecule has 2 rings (SSSR count). The molecule has 1 aromatic carbocycles. The van der Waals surface area contributed by atoms with Crippen LogP contribution in [0.15, 0.2) is 38.6 Å². The SMILES string of the molecule is COc1ccc(OCCNC(=O)c2cc(Br)c(Br)s2)cc1. The highest BCUT2D eigenvalue weighted by Crippen LogP contribution is 2.32. The van der Waals surface area contributed by atoms with Gasteiger partial charge in [-0.15, -0.1) is 11.3 Å². The molecule has 0 fully saturated rings. The third-order valence-corrected chi connectivity index (χ3v) is 5.84. The Morgan fingerprint density at radius 3 is 2.48 bits per heavy atom. The number of ether oxygens (including phenoxy) is 2. The fourth-order valence-electron chi connectivity index (χ4n) is 1.55. The minimum atomic E-state index is -0.107. The van der Waals surface area contributed by atoms with Crippen LogP contribution in [0.2, 0.25) is 0 Å².